The van der Waals surface area contributed by atoms with E-state index in [0.717, 1.165) is 31.4 Å². The molecule has 0 aliphatic heterocycles. The van der Waals surface area contributed by atoms with Crippen LogP contribution in [0.2, 0.25) is 0 Å². The molecule has 1 saturated carbocycles. The second kappa shape index (κ2) is 12.8. The van der Waals surface area contributed by atoms with Gasteiger partial charge in [-0.1, -0.05) is 73.7 Å². The molecule has 194 valence electrons. The summed E-state index contributed by atoms with van der Waals surface area (Å²) in [5.74, 6) is -1.17. The summed E-state index contributed by atoms with van der Waals surface area (Å²) in [6.45, 7) is 4.12. The minimum atomic E-state index is -0.669. The third kappa shape index (κ3) is 7.15. The Morgan fingerprint density at radius 2 is 1.62 bits per heavy atom. The summed E-state index contributed by atoms with van der Waals surface area (Å²) in [7, 11) is 0. The van der Waals surface area contributed by atoms with Crippen molar-refractivity contribution < 1.29 is 18.3 Å². The highest BCUT2D eigenvalue weighted by atomic mass is 19.1. The van der Waals surface area contributed by atoms with Crippen molar-refractivity contribution in [3.63, 3.8) is 0 Å². The van der Waals surface area contributed by atoms with E-state index in [9.17, 15) is 13.6 Å². The van der Waals surface area contributed by atoms with E-state index < -0.39 is 17.6 Å². The number of rotatable bonds is 9. The first kappa shape index (κ1) is 26.8. The number of halogens is 2. The van der Waals surface area contributed by atoms with Gasteiger partial charge in [-0.15, -0.1) is 0 Å². The van der Waals surface area contributed by atoms with E-state index in [1.165, 1.54) is 16.7 Å². The van der Waals surface area contributed by atoms with Gasteiger partial charge in [-0.2, -0.15) is 0 Å². The van der Waals surface area contributed by atoms with Gasteiger partial charge in [0.05, 0.1) is 5.92 Å². The van der Waals surface area contributed by atoms with Gasteiger partial charge < -0.3 is 4.74 Å². The highest BCUT2D eigenvalue weighted by molar-refractivity contribution is 5.75. The van der Waals surface area contributed by atoms with Crippen molar-refractivity contribution >= 4 is 5.97 Å². The van der Waals surface area contributed by atoms with Gasteiger partial charge in [-0.05, 0) is 80.4 Å². The van der Waals surface area contributed by atoms with E-state index in [-0.39, 0.29) is 23.7 Å². The molecular formula is C33H36F2O2. The van der Waals surface area contributed by atoms with Crippen LogP contribution in [0.4, 0.5) is 8.78 Å². The average Bonchev–Trinajstić information content (AvgIpc) is 2.91. The minimum absolute atomic E-state index is 0.0268. The Morgan fingerprint density at radius 3 is 2.24 bits per heavy atom. The zero-order valence-corrected chi connectivity index (χ0v) is 21.8. The van der Waals surface area contributed by atoms with Crippen LogP contribution in [-0.4, -0.2) is 5.97 Å². The lowest BCUT2D eigenvalue weighted by Crippen LogP contribution is -2.25. The molecule has 3 aromatic rings. The quantitative estimate of drug-likeness (QED) is 0.166. The lowest BCUT2D eigenvalue weighted by molar-refractivity contribution is -0.140. The number of hydrogen-bond acceptors (Lipinski definition) is 2. The van der Waals surface area contributed by atoms with Crippen molar-refractivity contribution in [2.45, 2.75) is 70.6 Å². The highest BCUT2D eigenvalue weighted by Gasteiger charge is 2.29. The molecule has 0 unspecified atom stereocenters. The maximum atomic E-state index is 14.4. The second-order valence-corrected chi connectivity index (χ2v) is 10.2. The fourth-order valence-corrected chi connectivity index (χ4v) is 5.31. The molecule has 1 aliphatic rings. The fraction of sp³-hybridized carbons (Fsp3) is 0.364. The van der Waals surface area contributed by atoms with Crippen molar-refractivity contribution in [3.05, 3.63) is 113 Å². The van der Waals surface area contributed by atoms with Crippen LogP contribution < -0.4 is 4.74 Å². The molecule has 0 aromatic heterocycles. The van der Waals surface area contributed by atoms with Crippen molar-refractivity contribution in [2.75, 3.05) is 0 Å². The molecule has 0 amide bonds. The van der Waals surface area contributed by atoms with Crippen LogP contribution in [-0.2, 0) is 17.6 Å². The molecule has 1 atom stereocenters. The maximum Gasteiger partial charge on any atom is 0.314 e. The van der Waals surface area contributed by atoms with Crippen LogP contribution in [0.1, 0.15) is 80.0 Å². The van der Waals surface area contributed by atoms with Crippen molar-refractivity contribution in [2.24, 2.45) is 5.92 Å². The summed E-state index contributed by atoms with van der Waals surface area (Å²) < 4.78 is 34.2. The zero-order valence-electron chi connectivity index (χ0n) is 21.8. The number of carbonyl (C=O) groups is 1. The first-order valence-corrected chi connectivity index (χ1v) is 13.4. The molecule has 4 heteroatoms. The summed E-state index contributed by atoms with van der Waals surface area (Å²) in [5, 5.41) is 0. The summed E-state index contributed by atoms with van der Waals surface area (Å²) in [4.78, 5) is 12.7. The Labute approximate surface area is 219 Å². The monoisotopic (exact) mass is 502 g/mol. The molecule has 0 heterocycles. The summed E-state index contributed by atoms with van der Waals surface area (Å²) in [6, 6.07) is 21.7. The van der Waals surface area contributed by atoms with Crippen LogP contribution in [0.15, 0.2) is 78.9 Å². The van der Waals surface area contributed by atoms with Gasteiger partial charge in [-0.3, -0.25) is 4.79 Å². The van der Waals surface area contributed by atoms with E-state index in [0.29, 0.717) is 31.1 Å². The first-order chi connectivity index (χ1) is 17.9. The Balaban J connectivity index is 1.28. The van der Waals surface area contributed by atoms with Crippen LogP contribution in [0.25, 0.3) is 0 Å². The highest BCUT2D eigenvalue weighted by Crippen LogP contribution is 2.37. The van der Waals surface area contributed by atoms with E-state index in [1.807, 2.05) is 25.1 Å². The molecule has 3 aromatic carbocycles. The van der Waals surface area contributed by atoms with Crippen LogP contribution in [0.3, 0.4) is 0 Å². The van der Waals surface area contributed by atoms with Gasteiger partial charge in [0.25, 0.3) is 0 Å². The average molecular weight is 503 g/mol. The Kier molecular flexibility index (Phi) is 9.27. The van der Waals surface area contributed by atoms with Gasteiger partial charge in [-0.25, -0.2) is 8.78 Å². The third-order valence-electron chi connectivity index (χ3n) is 7.55. The molecule has 0 bridgehead atoms. The van der Waals surface area contributed by atoms with Gasteiger partial charge in [0.2, 0.25) is 0 Å². The molecule has 4 rings (SSSR count). The molecule has 0 spiro atoms. The molecule has 1 aliphatic carbocycles. The molecular weight excluding hydrogens is 466 g/mol. The van der Waals surface area contributed by atoms with Gasteiger partial charge in [0, 0.05) is 17.7 Å². The standard InChI is InChI=1S/C33H36F2O2/c1-3-4-6-11-30-31(34)21-29(22-32(30)35)37-33(36)28-18-16-27(17-19-28)26-14-12-24(13-15-26)20-23(2)25-9-7-5-8-10-25/h3-5,7-10,12-15,21-23,27-28H,6,11,16-20H2,1-2H3/t23-,27?,28?/m0/s1. The third-order valence-corrected chi connectivity index (χ3v) is 7.55. The van der Waals surface area contributed by atoms with Crippen LogP contribution >= 0.6 is 0 Å². The number of esters is 1. The fourth-order valence-electron chi connectivity index (χ4n) is 5.31. The maximum absolute atomic E-state index is 14.4. The number of benzene rings is 3. The molecule has 1 fully saturated rings. The van der Waals surface area contributed by atoms with E-state index >= 15 is 0 Å². The van der Waals surface area contributed by atoms with Crippen molar-refractivity contribution in [1.29, 1.82) is 0 Å². The van der Waals surface area contributed by atoms with Gasteiger partial charge >= 0.3 is 5.97 Å². The van der Waals surface area contributed by atoms with Crippen LogP contribution in [0.5, 0.6) is 5.75 Å². The predicted molar refractivity (Wildman–Crippen MR) is 145 cm³/mol. The minimum Gasteiger partial charge on any atom is -0.426 e. The molecule has 2 nitrogen and oxygen atoms in total. The normalized spacial score (nSPS) is 18.6. The Hall–Kier alpha value is -3.27. The Morgan fingerprint density at radius 1 is 0.973 bits per heavy atom. The zero-order chi connectivity index (χ0) is 26.2. The number of ether oxygens (including phenoxy) is 1. The molecule has 0 N–H and O–H groups in total. The van der Waals surface area contributed by atoms with Gasteiger partial charge in [0.15, 0.2) is 0 Å². The molecule has 37 heavy (non-hydrogen) atoms. The summed E-state index contributed by atoms with van der Waals surface area (Å²) >= 11 is 0. The van der Waals surface area contributed by atoms with E-state index in [2.05, 4.69) is 55.5 Å². The lowest BCUT2D eigenvalue weighted by atomic mass is 9.78. The smallest absolute Gasteiger partial charge is 0.314 e. The first-order valence-electron chi connectivity index (χ1n) is 13.4. The topological polar surface area (TPSA) is 26.3 Å². The number of allylic oxidation sites excluding steroid dienone is 2. The largest absolute Gasteiger partial charge is 0.426 e. The summed E-state index contributed by atoms with van der Waals surface area (Å²) in [5.41, 5.74) is 4.01. The van der Waals surface area contributed by atoms with E-state index in [1.54, 1.807) is 0 Å². The van der Waals surface area contributed by atoms with Crippen molar-refractivity contribution in [1.82, 2.24) is 0 Å². The lowest BCUT2D eigenvalue weighted by Gasteiger charge is -2.27. The number of carbonyl (C=O) groups excluding carboxylic acids is 1. The molecule has 0 saturated heterocycles. The van der Waals surface area contributed by atoms with Crippen LogP contribution in [0, 0.1) is 17.6 Å². The predicted octanol–water partition coefficient (Wildman–Crippen LogP) is 8.70. The van der Waals surface area contributed by atoms with Crippen molar-refractivity contribution in [3.8, 4) is 5.75 Å². The van der Waals surface area contributed by atoms with E-state index in [4.69, 9.17) is 4.74 Å². The Bertz CT molecular complexity index is 1170. The SMILES string of the molecule is CC=CCCc1c(F)cc(OC(=O)C2CCC(c3ccc(C[C@H](C)c4ccccc4)cc3)CC2)cc1F. The molecule has 0 radical (unpaired) electrons. The van der Waals surface area contributed by atoms with Gasteiger partial charge in [0.1, 0.15) is 17.4 Å². The summed E-state index contributed by atoms with van der Waals surface area (Å²) in [6.07, 6.45) is 8.76. The second-order valence-electron chi connectivity index (χ2n) is 10.2. The number of hydrogen-bond donors (Lipinski definition) is 0.